The van der Waals surface area contributed by atoms with Gasteiger partial charge in [-0.25, -0.2) is 0 Å². The third-order valence-electron chi connectivity index (χ3n) is 3.72. The number of rotatable bonds is 6. The second-order valence-corrected chi connectivity index (χ2v) is 5.20. The fourth-order valence-electron chi connectivity index (χ4n) is 2.52. The van der Waals surface area contributed by atoms with E-state index in [1.165, 1.54) is 6.07 Å². The zero-order chi connectivity index (χ0) is 15.2. The number of ether oxygens (including phenoxy) is 1. The highest BCUT2D eigenvalue weighted by Crippen LogP contribution is 2.29. The van der Waals surface area contributed by atoms with E-state index in [2.05, 4.69) is 4.90 Å². The van der Waals surface area contributed by atoms with E-state index in [1.807, 2.05) is 0 Å². The lowest BCUT2D eigenvalue weighted by Gasteiger charge is -2.33. The van der Waals surface area contributed by atoms with E-state index in [9.17, 15) is 10.1 Å². The van der Waals surface area contributed by atoms with Crippen molar-refractivity contribution in [2.24, 2.45) is 5.73 Å². The summed E-state index contributed by atoms with van der Waals surface area (Å²) < 4.78 is 5.76. The summed E-state index contributed by atoms with van der Waals surface area (Å²) in [7, 11) is 0. The molecule has 4 N–H and O–H groups in total. The fraction of sp³-hybridized carbons (Fsp3) is 0.571. The van der Waals surface area contributed by atoms with Crippen molar-refractivity contribution in [2.45, 2.75) is 25.4 Å². The van der Waals surface area contributed by atoms with Crippen molar-refractivity contribution in [3.63, 3.8) is 0 Å². The SMILES string of the molecule is NCCCOC1CCN(c2ccc([N+](=O)[O-])c(N)c2)CC1. The van der Waals surface area contributed by atoms with Crippen LogP contribution in [0.1, 0.15) is 19.3 Å². The number of benzene rings is 1. The van der Waals surface area contributed by atoms with Crippen molar-refractivity contribution in [3.8, 4) is 0 Å². The van der Waals surface area contributed by atoms with Crippen LogP contribution in [0.15, 0.2) is 18.2 Å². The van der Waals surface area contributed by atoms with E-state index >= 15 is 0 Å². The Balaban J connectivity index is 1.90. The lowest BCUT2D eigenvalue weighted by atomic mass is 10.1. The summed E-state index contributed by atoms with van der Waals surface area (Å²) in [5, 5.41) is 10.8. The standard InChI is InChI=1S/C14H22N4O3/c15-6-1-9-21-12-4-7-17(8-5-12)11-2-3-14(18(19)20)13(16)10-11/h2-3,10,12H,1,4-9,15-16H2. The van der Waals surface area contributed by atoms with Crippen LogP contribution < -0.4 is 16.4 Å². The Morgan fingerprint density at radius 3 is 2.67 bits per heavy atom. The molecule has 1 fully saturated rings. The van der Waals surface area contributed by atoms with Gasteiger partial charge in [0.25, 0.3) is 5.69 Å². The Morgan fingerprint density at radius 2 is 2.10 bits per heavy atom. The number of nitrogens with zero attached hydrogens (tertiary/aromatic N) is 2. The molecule has 0 atom stereocenters. The summed E-state index contributed by atoms with van der Waals surface area (Å²) in [5.74, 6) is 0. The van der Waals surface area contributed by atoms with E-state index in [4.69, 9.17) is 16.2 Å². The molecule has 0 radical (unpaired) electrons. The number of hydrogen-bond donors (Lipinski definition) is 2. The van der Waals surface area contributed by atoms with Crippen LogP contribution in [0.4, 0.5) is 17.1 Å². The van der Waals surface area contributed by atoms with Crippen LogP contribution in [0.2, 0.25) is 0 Å². The lowest BCUT2D eigenvalue weighted by molar-refractivity contribution is -0.383. The van der Waals surface area contributed by atoms with Crippen LogP contribution >= 0.6 is 0 Å². The monoisotopic (exact) mass is 294 g/mol. The first-order valence-corrected chi connectivity index (χ1v) is 7.22. The first kappa shape index (κ1) is 15.5. The van der Waals surface area contributed by atoms with Crippen LogP contribution in [0.3, 0.4) is 0 Å². The molecule has 1 aromatic carbocycles. The van der Waals surface area contributed by atoms with Gasteiger partial charge >= 0.3 is 0 Å². The third-order valence-corrected chi connectivity index (χ3v) is 3.72. The second kappa shape index (κ2) is 7.24. The predicted molar refractivity (Wildman–Crippen MR) is 82.4 cm³/mol. The molecule has 0 spiro atoms. The maximum atomic E-state index is 10.8. The van der Waals surface area contributed by atoms with E-state index in [1.54, 1.807) is 12.1 Å². The molecular formula is C14H22N4O3. The van der Waals surface area contributed by atoms with Gasteiger partial charge in [0.05, 0.1) is 11.0 Å². The minimum atomic E-state index is -0.462. The zero-order valence-corrected chi connectivity index (χ0v) is 12.0. The number of nitro groups is 1. The molecule has 7 heteroatoms. The highest BCUT2D eigenvalue weighted by molar-refractivity contribution is 5.66. The molecule has 116 valence electrons. The highest BCUT2D eigenvalue weighted by Gasteiger charge is 2.21. The van der Waals surface area contributed by atoms with Gasteiger partial charge in [0.2, 0.25) is 0 Å². The lowest BCUT2D eigenvalue weighted by Crippen LogP contribution is -2.37. The number of anilines is 2. The maximum absolute atomic E-state index is 10.8. The van der Waals surface area contributed by atoms with Crippen molar-refractivity contribution in [1.29, 1.82) is 0 Å². The fourth-order valence-corrected chi connectivity index (χ4v) is 2.52. The minimum Gasteiger partial charge on any atom is -0.393 e. The molecule has 1 saturated heterocycles. The number of nitrogens with two attached hydrogens (primary N) is 2. The zero-order valence-electron chi connectivity index (χ0n) is 12.0. The van der Waals surface area contributed by atoms with Gasteiger partial charge in [-0.05, 0) is 37.9 Å². The topological polar surface area (TPSA) is 108 Å². The van der Waals surface area contributed by atoms with Crippen LogP contribution in [0.25, 0.3) is 0 Å². The Hall–Kier alpha value is -1.86. The van der Waals surface area contributed by atoms with Gasteiger partial charge in [-0.3, -0.25) is 10.1 Å². The molecule has 1 heterocycles. The summed E-state index contributed by atoms with van der Waals surface area (Å²) in [6.07, 6.45) is 3.06. The molecule has 2 rings (SSSR count). The summed E-state index contributed by atoms with van der Waals surface area (Å²) in [4.78, 5) is 12.5. The Morgan fingerprint density at radius 1 is 1.38 bits per heavy atom. The largest absolute Gasteiger partial charge is 0.393 e. The molecule has 0 aromatic heterocycles. The Bertz CT molecular complexity index is 487. The first-order chi connectivity index (χ1) is 10.1. The van der Waals surface area contributed by atoms with Gasteiger partial charge in [-0.1, -0.05) is 0 Å². The molecule has 0 bridgehead atoms. The molecule has 1 aliphatic rings. The summed E-state index contributed by atoms with van der Waals surface area (Å²) in [6.45, 7) is 3.10. The van der Waals surface area contributed by atoms with Crippen LogP contribution in [0, 0.1) is 10.1 Å². The molecule has 1 aromatic rings. The third kappa shape index (κ3) is 4.05. The molecule has 1 aliphatic heterocycles. The quantitative estimate of drug-likeness (QED) is 0.356. The van der Waals surface area contributed by atoms with Crippen molar-refractivity contribution >= 4 is 17.1 Å². The molecular weight excluding hydrogens is 272 g/mol. The Kier molecular flexibility index (Phi) is 5.35. The Labute approximate surface area is 124 Å². The van der Waals surface area contributed by atoms with Crippen molar-refractivity contribution in [1.82, 2.24) is 0 Å². The average molecular weight is 294 g/mol. The van der Waals surface area contributed by atoms with Gasteiger partial charge in [-0.2, -0.15) is 0 Å². The highest BCUT2D eigenvalue weighted by atomic mass is 16.6. The van der Waals surface area contributed by atoms with Gasteiger partial charge in [-0.15, -0.1) is 0 Å². The minimum absolute atomic E-state index is 0.0428. The first-order valence-electron chi connectivity index (χ1n) is 7.22. The van der Waals surface area contributed by atoms with Gasteiger partial charge in [0.1, 0.15) is 5.69 Å². The summed E-state index contributed by atoms with van der Waals surface area (Å²) in [5.41, 5.74) is 12.3. The molecule has 7 nitrogen and oxygen atoms in total. The van der Waals surface area contributed by atoms with E-state index in [0.717, 1.165) is 38.0 Å². The van der Waals surface area contributed by atoms with Crippen LogP contribution in [-0.2, 0) is 4.74 Å². The molecule has 0 amide bonds. The van der Waals surface area contributed by atoms with E-state index in [-0.39, 0.29) is 17.5 Å². The van der Waals surface area contributed by atoms with E-state index in [0.29, 0.717) is 13.2 Å². The average Bonchev–Trinajstić information content (AvgIpc) is 2.48. The van der Waals surface area contributed by atoms with Crippen LogP contribution in [0.5, 0.6) is 0 Å². The molecule has 0 saturated carbocycles. The smallest absolute Gasteiger partial charge is 0.292 e. The molecule has 0 aliphatic carbocycles. The number of nitro benzene ring substituents is 1. The summed E-state index contributed by atoms with van der Waals surface area (Å²) in [6, 6.07) is 4.90. The molecule has 21 heavy (non-hydrogen) atoms. The van der Waals surface area contributed by atoms with Crippen molar-refractivity contribution < 1.29 is 9.66 Å². The number of piperidine rings is 1. The second-order valence-electron chi connectivity index (χ2n) is 5.20. The number of hydrogen-bond acceptors (Lipinski definition) is 6. The van der Waals surface area contributed by atoms with E-state index < -0.39 is 4.92 Å². The van der Waals surface area contributed by atoms with Crippen LogP contribution in [-0.4, -0.2) is 37.3 Å². The normalized spacial score (nSPS) is 16.1. The maximum Gasteiger partial charge on any atom is 0.292 e. The summed E-state index contributed by atoms with van der Waals surface area (Å²) >= 11 is 0. The predicted octanol–water partition coefficient (Wildman–Crippen LogP) is 1.51. The van der Waals surface area contributed by atoms with Gasteiger partial charge < -0.3 is 21.1 Å². The number of nitrogen functional groups attached to an aromatic ring is 1. The van der Waals surface area contributed by atoms with Gasteiger partial charge in [0.15, 0.2) is 0 Å². The van der Waals surface area contributed by atoms with Crippen molar-refractivity contribution in [2.75, 3.05) is 36.9 Å². The van der Waals surface area contributed by atoms with Crippen molar-refractivity contribution in [3.05, 3.63) is 28.3 Å². The van der Waals surface area contributed by atoms with Gasteiger partial charge in [0, 0.05) is 31.5 Å². The molecule has 0 unspecified atom stereocenters.